The van der Waals surface area contributed by atoms with Crippen LogP contribution in [-0.4, -0.2) is 16.2 Å². The number of hydrogen-bond donors (Lipinski definition) is 3. The Morgan fingerprint density at radius 3 is 2.55 bits per heavy atom. The molecule has 0 fully saturated rings. The molecule has 0 radical (unpaired) electrons. The Hall–Kier alpha value is -2.18. The third kappa shape index (κ3) is 2.75. The molecule has 22 heavy (non-hydrogen) atoms. The van der Waals surface area contributed by atoms with Crippen LogP contribution in [-0.2, 0) is 0 Å². The highest BCUT2D eigenvalue weighted by Crippen LogP contribution is 2.34. The second-order valence-corrected chi connectivity index (χ2v) is 5.90. The van der Waals surface area contributed by atoms with Gasteiger partial charge in [-0.15, -0.1) is 10.2 Å². The monoisotopic (exact) mass is 375 g/mol. The molecule has 0 atom stereocenters. The van der Waals surface area contributed by atoms with Gasteiger partial charge in [0.1, 0.15) is 5.69 Å². The van der Waals surface area contributed by atoms with Crippen molar-refractivity contribution >= 4 is 50.1 Å². The zero-order valence-corrected chi connectivity index (χ0v) is 13.6. The molecule has 0 saturated heterocycles. The minimum atomic E-state index is -0.189. The number of nitrogens with one attached hydrogen (secondary N) is 2. The molecule has 1 heterocycles. The molecule has 0 aliphatic heterocycles. The molecule has 4 N–H and O–H groups in total. The molecular formula is C15H11BrClN5. The van der Waals surface area contributed by atoms with E-state index in [1.165, 1.54) is 0 Å². The summed E-state index contributed by atoms with van der Waals surface area (Å²) in [6, 6.07) is 13.2. The smallest absolute Gasteiger partial charge is 0.191 e. The number of fused-ring (bicyclic) bond motifs is 1. The molecular weight excluding hydrogens is 366 g/mol. The largest absolute Gasteiger partial charge is 0.370 e. The van der Waals surface area contributed by atoms with Gasteiger partial charge in [0.05, 0.1) is 0 Å². The average molecular weight is 377 g/mol. The maximum Gasteiger partial charge on any atom is 0.191 e. The topological polar surface area (TPSA) is 87.7 Å². The molecule has 110 valence electrons. The number of guanidine groups is 1. The number of rotatable bonds is 2. The SMILES string of the molecule is N=C(N)Nc1nnc(-c2ccc(Cl)cc2)c2cccc(Br)c12. The first-order chi connectivity index (χ1) is 10.6. The van der Waals surface area contributed by atoms with E-state index in [2.05, 4.69) is 31.4 Å². The molecule has 0 spiro atoms. The fourth-order valence-electron chi connectivity index (χ4n) is 2.20. The molecule has 3 rings (SSSR count). The van der Waals surface area contributed by atoms with E-state index in [1.807, 2.05) is 42.5 Å². The number of benzene rings is 2. The Morgan fingerprint density at radius 1 is 1.14 bits per heavy atom. The molecule has 1 aromatic heterocycles. The quantitative estimate of drug-likeness (QED) is 0.465. The van der Waals surface area contributed by atoms with Crippen molar-refractivity contribution < 1.29 is 0 Å². The molecule has 0 bridgehead atoms. The Labute approximate surface area is 140 Å². The van der Waals surface area contributed by atoms with Gasteiger partial charge in [-0.25, -0.2) is 0 Å². The average Bonchev–Trinajstić information content (AvgIpc) is 2.48. The van der Waals surface area contributed by atoms with E-state index < -0.39 is 0 Å². The van der Waals surface area contributed by atoms with Gasteiger partial charge in [-0.05, 0) is 18.2 Å². The normalized spacial score (nSPS) is 10.6. The highest BCUT2D eigenvalue weighted by molar-refractivity contribution is 9.10. The zero-order valence-electron chi connectivity index (χ0n) is 11.3. The van der Waals surface area contributed by atoms with Gasteiger partial charge in [-0.3, -0.25) is 5.41 Å². The van der Waals surface area contributed by atoms with Crippen LogP contribution in [0, 0.1) is 5.41 Å². The second kappa shape index (κ2) is 5.90. The summed E-state index contributed by atoms with van der Waals surface area (Å²) in [7, 11) is 0. The van der Waals surface area contributed by atoms with Crippen LogP contribution in [0.2, 0.25) is 5.02 Å². The Balaban J connectivity index is 2.27. The second-order valence-electron chi connectivity index (χ2n) is 4.61. The van der Waals surface area contributed by atoms with E-state index in [0.29, 0.717) is 10.8 Å². The molecule has 3 aromatic rings. The van der Waals surface area contributed by atoms with Gasteiger partial charge in [-0.2, -0.15) is 0 Å². The molecule has 0 aliphatic carbocycles. The van der Waals surface area contributed by atoms with Crippen LogP contribution in [0.3, 0.4) is 0 Å². The number of hydrogen-bond acceptors (Lipinski definition) is 3. The third-order valence-electron chi connectivity index (χ3n) is 3.13. The van der Waals surface area contributed by atoms with Gasteiger partial charge in [-0.1, -0.05) is 51.8 Å². The van der Waals surface area contributed by atoms with Gasteiger partial charge in [0, 0.05) is 25.8 Å². The molecule has 0 saturated carbocycles. The first kappa shape index (κ1) is 14.7. The van der Waals surface area contributed by atoms with E-state index in [4.69, 9.17) is 22.7 Å². The fraction of sp³-hybridized carbons (Fsp3) is 0. The summed E-state index contributed by atoms with van der Waals surface area (Å²) in [5.74, 6) is 0.248. The minimum Gasteiger partial charge on any atom is -0.370 e. The first-order valence-corrected chi connectivity index (χ1v) is 7.55. The summed E-state index contributed by atoms with van der Waals surface area (Å²) >= 11 is 9.45. The summed E-state index contributed by atoms with van der Waals surface area (Å²) in [6.45, 7) is 0. The van der Waals surface area contributed by atoms with Crippen molar-refractivity contribution in [3.8, 4) is 11.3 Å². The van der Waals surface area contributed by atoms with Crippen LogP contribution >= 0.6 is 27.5 Å². The summed E-state index contributed by atoms with van der Waals surface area (Å²) in [5.41, 5.74) is 7.06. The number of nitrogens with two attached hydrogens (primary N) is 1. The predicted octanol–water partition coefficient (Wildman–Crippen LogP) is 4.02. The lowest BCUT2D eigenvalue weighted by molar-refractivity contribution is 1.06. The molecule has 5 nitrogen and oxygen atoms in total. The first-order valence-electron chi connectivity index (χ1n) is 6.38. The van der Waals surface area contributed by atoms with Crippen molar-refractivity contribution in [2.45, 2.75) is 0 Å². The lowest BCUT2D eigenvalue weighted by Crippen LogP contribution is -2.21. The molecule has 0 amide bonds. The summed E-state index contributed by atoms with van der Waals surface area (Å²) in [6.07, 6.45) is 0. The lowest BCUT2D eigenvalue weighted by atomic mass is 10.0. The highest BCUT2D eigenvalue weighted by atomic mass is 79.9. The van der Waals surface area contributed by atoms with E-state index in [9.17, 15) is 0 Å². The van der Waals surface area contributed by atoms with Crippen molar-refractivity contribution in [2.75, 3.05) is 5.32 Å². The van der Waals surface area contributed by atoms with Crippen molar-refractivity contribution in [1.82, 2.24) is 10.2 Å². The van der Waals surface area contributed by atoms with E-state index >= 15 is 0 Å². The van der Waals surface area contributed by atoms with Crippen LogP contribution in [0.1, 0.15) is 0 Å². The van der Waals surface area contributed by atoms with Crippen LogP contribution in [0.5, 0.6) is 0 Å². The predicted molar refractivity (Wildman–Crippen MR) is 93.2 cm³/mol. The van der Waals surface area contributed by atoms with Crippen LogP contribution in [0.25, 0.3) is 22.0 Å². The minimum absolute atomic E-state index is 0.189. The lowest BCUT2D eigenvalue weighted by Gasteiger charge is -2.11. The van der Waals surface area contributed by atoms with Crippen molar-refractivity contribution in [3.63, 3.8) is 0 Å². The zero-order chi connectivity index (χ0) is 15.7. The van der Waals surface area contributed by atoms with Crippen molar-refractivity contribution in [1.29, 1.82) is 5.41 Å². The van der Waals surface area contributed by atoms with Crippen LogP contribution in [0.4, 0.5) is 5.82 Å². The van der Waals surface area contributed by atoms with Crippen LogP contribution < -0.4 is 11.1 Å². The molecule has 2 aromatic carbocycles. The molecule has 0 aliphatic rings. The van der Waals surface area contributed by atoms with Gasteiger partial charge >= 0.3 is 0 Å². The summed E-state index contributed by atoms with van der Waals surface area (Å²) in [4.78, 5) is 0. The Kier molecular flexibility index (Phi) is 3.96. The van der Waals surface area contributed by atoms with Crippen molar-refractivity contribution in [3.05, 3.63) is 52.0 Å². The van der Waals surface area contributed by atoms with Gasteiger partial charge in [0.15, 0.2) is 11.8 Å². The Bertz CT molecular complexity index is 864. The molecule has 7 heteroatoms. The standard InChI is InChI=1S/C15H11BrClN5/c16-11-3-1-2-10-12(11)14(20-15(18)19)22-21-13(10)8-4-6-9(17)7-5-8/h1-7H,(H4,18,19,20,22). The fourth-order valence-corrected chi connectivity index (χ4v) is 2.88. The van der Waals surface area contributed by atoms with Gasteiger partial charge < -0.3 is 11.1 Å². The van der Waals surface area contributed by atoms with E-state index in [-0.39, 0.29) is 5.96 Å². The van der Waals surface area contributed by atoms with Crippen molar-refractivity contribution in [2.24, 2.45) is 5.73 Å². The summed E-state index contributed by atoms with van der Waals surface area (Å²) < 4.78 is 0.846. The maximum atomic E-state index is 7.39. The van der Waals surface area contributed by atoms with Crippen LogP contribution in [0.15, 0.2) is 46.9 Å². The van der Waals surface area contributed by atoms with E-state index in [1.54, 1.807) is 0 Å². The highest BCUT2D eigenvalue weighted by Gasteiger charge is 2.13. The third-order valence-corrected chi connectivity index (χ3v) is 4.04. The number of anilines is 1. The van der Waals surface area contributed by atoms with Gasteiger partial charge in [0.25, 0.3) is 0 Å². The Morgan fingerprint density at radius 2 is 1.86 bits per heavy atom. The van der Waals surface area contributed by atoms with E-state index in [0.717, 1.165) is 26.5 Å². The number of nitrogens with zero attached hydrogens (tertiary/aromatic N) is 2. The number of aromatic nitrogens is 2. The number of halogens is 2. The molecule has 0 unspecified atom stereocenters. The maximum absolute atomic E-state index is 7.39. The summed E-state index contributed by atoms with van der Waals surface area (Å²) in [5, 5.41) is 20.9. The van der Waals surface area contributed by atoms with Gasteiger partial charge in [0.2, 0.25) is 0 Å².